The molecule has 102 valence electrons. The minimum Gasteiger partial charge on any atom is -0.342 e. The molecule has 1 aliphatic carbocycles. The van der Waals surface area contributed by atoms with Crippen LogP contribution in [0.25, 0.3) is 0 Å². The van der Waals surface area contributed by atoms with E-state index in [0.717, 1.165) is 19.3 Å². The molecule has 4 nitrogen and oxygen atoms in total. The molecule has 0 radical (unpaired) electrons. The largest absolute Gasteiger partial charge is 0.342 e. The second-order valence-corrected chi connectivity index (χ2v) is 6.72. The van der Waals surface area contributed by atoms with Crippen molar-refractivity contribution in [3.63, 3.8) is 0 Å². The zero-order chi connectivity index (χ0) is 13.6. The number of carbonyl (C=O) groups is 2. The summed E-state index contributed by atoms with van der Waals surface area (Å²) in [6.45, 7) is 8.35. The first-order chi connectivity index (χ1) is 8.30. The molecule has 4 heteroatoms. The average Bonchev–Trinajstić information content (AvgIpc) is 2.20. The van der Waals surface area contributed by atoms with Gasteiger partial charge >= 0.3 is 0 Å². The van der Waals surface area contributed by atoms with Crippen LogP contribution >= 0.6 is 0 Å². The summed E-state index contributed by atoms with van der Waals surface area (Å²) in [6, 6.07) is -0.386. The van der Waals surface area contributed by atoms with Crippen LogP contribution in [0.1, 0.15) is 53.4 Å². The van der Waals surface area contributed by atoms with Gasteiger partial charge in [-0.15, -0.1) is 0 Å². The van der Waals surface area contributed by atoms with E-state index in [2.05, 4.69) is 12.2 Å². The first kappa shape index (κ1) is 13.4. The van der Waals surface area contributed by atoms with Gasteiger partial charge in [0.2, 0.25) is 11.8 Å². The van der Waals surface area contributed by atoms with Crippen LogP contribution in [0, 0.1) is 5.41 Å². The van der Waals surface area contributed by atoms with Gasteiger partial charge in [-0.05, 0) is 31.1 Å². The molecule has 1 atom stereocenters. The zero-order valence-electron chi connectivity index (χ0n) is 11.9. The van der Waals surface area contributed by atoms with E-state index in [1.165, 1.54) is 6.42 Å². The van der Waals surface area contributed by atoms with Crippen molar-refractivity contribution in [3.8, 4) is 0 Å². The van der Waals surface area contributed by atoms with Gasteiger partial charge in [0.25, 0.3) is 0 Å². The lowest BCUT2D eigenvalue weighted by Crippen LogP contribution is -2.69. The minimum absolute atomic E-state index is 0.0192. The van der Waals surface area contributed by atoms with Crippen molar-refractivity contribution < 1.29 is 9.59 Å². The maximum absolute atomic E-state index is 12.6. The summed E-state index contributed by atoms with van der Waals surface area (Å²) in [5, 5.41) is 2.85. The highest BCUT2D eigenvalue weighted by Gasteiger charge is 2.50. The molecule has 2 aliphatic rings. The molecule has 1 aliphatic heterocycles. The van der Waals surface area contributed by atoms with E-state index < -0.39 is 0 Å². The molecule has 2 amide bonds. The van der Waals surface area contributed by atoms with Gasteiger partial charge in [-0.2, -0.15) is 0 Å². The van der Waals surface area contributed by atoms with Crippen molar-refractivity contribution in [2.24, 2.45) is 5.41 Å². The number of carbonyl (C=O) groups excluding carboxylic acids is 2. The van der Waals surface area contributed by atoms with Crippen molar-refractivity contribution in [2.75, 3.05) is 6.54 Å². The first-order valence-corrected chi connectivity index (χ1v) is 6.91. The van der Waals surface area contributed by atoms with Gasteiger partial charge in [0.15, 0.2) is 0 Å². The Morgan fingerprint density at radius 3 is 2.33 bits per heavy atom. The number of nitrogens with one attached hydrogen (secondary N) is 1. The van der Waals surface area contributed by atoms with Crippen LogP contribution in [-0.4, -0.2) is 34.8 Å². The molecule has 0 spiro atoms. The highest BCUT2D eigenvalue weighted by atomic mass is 16.2. The molecule has 1 heterocycles. The fourth-order valence-corrected chi connectivity index (χ4v) is 3.03. The number of nitrogens with zero attached hydrogens (tertiary/aromatic N) is 1. The van der Waals surface area contributed by atoms with Crippen LogP contribution < -0.4 is 5.32 Å². The van der Waals surface area contributed by atoms with Crippen LogP contribution in [0.15, 0.2) is 0 Å². The number of amides is 2. The van der Waals surface area contributed by atoms with E-state index in [4.69, 9.17) is 0 Å². The summed E-state index contributed by atoms with van der Waals surface area (Å²) < 4.78 is 0. The van der Waals surface area contributed by atoms with Gasteiger partial charge in [0.05, 0.1) is 0 Å². The maximum atomic E-state index is 12.6. The normalized spacial score (nSPS) is 27.8. The molecule has 1 saturated carbocycles. The van der Waals surface area contributed by atoms with E-state index in [1.54, 1.807) is 0 Å². The molecule has 18 heavy (non-hydrogen) atoms. The van der Waals surface area contributed by atoms with E-state index >= 15 is 0 Å². The van der Waals surface area contributed by atoms with E-state index in [-0.39, 0.29) is 35.4 Å². The average molecular weight is 252 g/mol. The van der Waals surface area contributed by atoms with Gasteiger partial charge < -0.3 is 10.2 Å². The number of hydrogen-bond donors (Lipinski definition) is 1. The van der Waals surface area contributed by atoms with Gasteiger partial charge in [0, 0.05) is 5.54 Å². The Morgan fingerprint density at radius 1 is 1.33 bits per heavy atom. The molecule has 2 fully saturated rings. The third-order valence-electron chi connectivity index (χ3n) is 4.50. The fourth-order valence-electron chi connectivity index (χ4n) is 3.03. The molecule has 1 saturated heterocycles. The second-order valence-electron chi connectivity index (χ2n) is 6.72. The lowest BCUT2D eigenvalue weighted by Gasteiger charge is -2.53. The Kier molecular flexibility index (Phi) is 3.16. The van der Waals surface area contributed by atoms with Gasteiger partial charge in [0.1, 0.15) is 12.6 Å². The van der Waals surface area contributed by atoms with Crippen LogP contribution in [0.4, 0.5) is 0 Å². The molecule has 0 aromatic heterocycles. The SMILES string of the molecule is CCC1(N2CC(=O)NC(C(C)(C)C)C2=O)CCC1. The molecular formula is C14H24N2O2. The Morgan fingerprint density at radius 2 is 1.94 bits per heavy atom. The minimum atomic E-state index is -0.386. The van der Waals surface area contributed by atoms with Crippen molar-refractivity contribution in [1.29, 1.82) is 0 Å². The summed E-state index contributed by atoms with van der Waals surface area (Å²) in [7, 11) is 0. The molecule has 2 rings (SSSR count). The Bertz CT molecular complexity index is 361. The highest BCUT2D eigenvalue weighted by Crippen LogP contribution is 2.42. The highest BCUT2D eigenvalue weighted by molar-refractivity contribution is 5.95. The third kappa shape index (κ3) is 2.02. The van der Waals surface area contributed by atoms with Gasteiger partial charge in [-0.25, -0.2) is 0 Å². The molecule has 1 N–H and O–H groups in total. The van der Waals surface area contributed by atoms with Crippen molar-refractivity contribution in [3.05, 3.63) is 0 Å². The van der Waals surface area contributed by atoms with Gasteiger partial charge in [-0.3, -0.25) is 9.59 Å². The van der Waals surface area contributed by atoms with Gasteiger partial charge in [-0.1, -0.05) is 27.7 Å². The lowest BCUT2D eigenvalue weighted by molar-refractivity contribution is -0.158. The van der Waals surface area contributed by atoms with E-state index in [9.17, 15) is 9.59 Å². The predicted molar refractivity (Wildman–Crippen MR) is 70.0 cm³/mol. The Labute approximate surface area is 109 Å². The van der Waals surface area contributed by atoms with Crippen molar-refractivity contribution >= 4 is 11.8 Å². The van der Waals surface area contributed by atoms with Crippen LogP contribution in [0.3, 0.4) is 0 Å². The molecular weight excluding hydrogens is 228 g/mol. The van der Waals surface area contributed by atoms with Crippen LogP contribution in [0.2, 0.25) is 0 Å². The molecule has 0 aromatic rings. The fraction of sp³-hybridized carbons (Fsp3) is 0.857. The first-order valence-electron chi connectivity index (χ1n) is 6.91. The van der Waals surface area contributed by atoms with Crippen LogP contribution in [-0.2, 0) is 9.59 Å². The molecule has 0 aromatic carbocycles. The summed E-state index contributed by atoms with van der Waals surface area (Å²) in [5.74, 6) is 0.0814. The maximum Gasteiger partial charge on any atom is 0.246 e. The molecule has 0 bridgehead atoms. The van der Waals surface area contributed by atoms with Crippen molar-refractivity contribution in [2.45, 2.75) is 65.0 Å². The summed E-state index contributed by atoms with van der Waals surface area (Å²) in [6.07, 6.45) is 4.20. The summed E-state index contributed by atoms with van der Waals surface area (Å²) in [5.41, 5.74) is -0.275. The van der Waals surface area contributed by atoms with E-state index in [1.807, 2.05) is 25.7 Å². The number of rotatable bonds is 2. The smallest absolute Gasteiger partial charge is 0.246 e. The van der Waals surface area contributed by atoms with E-state index in [0.29, 0.717) is 0 Å². The molecule has 1 unspecified atom stereocenters. The van der Waals surface area contributed by atoms with Crippen molar-refractivity contribution in [1.82, 2.24) is 10.2 Å². The van der Waals surface area contributed by atoms with Crippen LogP contribution in [0.5, 0.6) is 0 Å². The number of piperazine rings is 1. The quantitative estimate of drug-likeness (QED) is 0.813. The number of hydrogen-bond acceptors (Lipinski definition) is 2. The second kappa shape index (κ2) is 4.25. The standard InChI is InChI=1S/C14H24N2O2/c1-5-14(7-6-8-14)16-9-10(17)15-11(12(16)18)13(2,3)4/h11H,5-9H2,1-4H3,(H,15,17). The monoisotopic (exact) mass is 252 g/mol. The third-order valence-corrected chi connectivity index (χ3v) is 4.50. The predicted octanol–water partition coefficient (Wildman–Crippen LogP) is 1.69. The Balaban J connectivity index is 2.26. The zero-order valence-corrected chi connectivity index (χ0v) is 11.9. The summed E-state index contributed by atoms with van der Waals surface area (Å²) in [4.78, 5) is 26.4. The Hall–Kier alpha value is -1.06. The summed E-state index contributed by atoms with van der Waals surface area (Å²) >= 11 is 0. The lowest BCUT2D eigenvalue weighted by atomic mass is 9.72. The topological polar surface area (TPSA) is 49.4 Å².